The van der Waals surface area contributed by atoms with Crippen LogP contribution in [0, 0.1) is 0 Å². The van der Waals surface area contributed by atoms with Gasteiger partial charge in [-0.15, -0.1) is 11.6 Å². The van der Waals surface area contributed by atoms with E-state index in [1.165, 1.54) is 0 Å². The Kier molecular flexibility index (Phi) is 3.27. The Hall–Kier alpha value is -0.610. The zero-order chi connectivity index (χ0) is 10.0. The molecule has 1 N–H and O–H groups in total. The van der Waals surface area contributed by atoms with E-state index in [1.807, 2.05) is 0 Å². The molecule has 0 saturated heterocycles. The van der Waals surface area contributed by atoms with Crippen LogP contribution < -0.4 is 5.43 Å². The highest BCUT2D eigenvalue weighted by molar-refractivity contribution is 6.31. The maximum absolute atomic E-state index is 12.2. The summed E-state index contributed by atoms with van der Waals surface area (Å²) in [4.78, 5) is 13.4. The van der Waals surface area contributed by atoms with Crippen molar-refractivity contribution >= 4 is 23.2 Å². The van der Waals surface area contributed by atoms with E-state index < -0.39 is 22.6 Å². The van der Waals surface area contributed by atoms with Crippen LogP contribution in [0.2, 0.25) is 5.02 Å². The molecule has 1 heterocycles. The molecular weight excluding hydrogens is 223 g/mol. The van der Waals surface area contributed by atoms with Crippen molar-refractivity contribution in [1.82, 2.24) is 4.98 Å². The monoisotopic (exact) mass is 227 g/mol. The first-order valence-electron chi connectivity index (χ1n) is 3.32. The van der Waals surface area contributed by atoms with Gasteiger partial charge in [0, 0.05) is 11.8 Å². The van der Waals surface area contributed by atoms with Gasteiger partial charge in [0.15, 0.2) is 0 Å². The Labute approximate surface area is 82.5 Å². The van der Waals surface area contributed by atoms with Crippen molar-refractivity contribution in [2.45, 2.75) is 12.3 Å². The topological polar surface area (TPSA) is 32.9 Å². The molecule has 0 radical (unpaired) electrons. The second-order valence-electron chi connectivity index (χ2n) is 2.31. The average molecular weight is 228 g/mol. The molecule has 0 fully saturated rings. The van der Waals surface area contributed by atoms with Gasteiger partial charge in [0.05, 0.1) is 5.88 Å². The van der Waals surface area contributed by atoms with Gasteiger partial charge in [-0.05, 0) is 0 Å². The molecule has 0 aliphatic heterocycles. The minimum atomic E-state index is -2.79. The number of halogens is 4. The minimum absolute atomic E-state index is 0.0570. The number of aromatic nitrogens is 1. The van der Waals surface area contributed by atoms with Crippen LogP contribution in [0.1, 0.15) is 17.7 Å². The van der Waals surface area contributed by atoms with Gasteiger partial charge in [-0.3, -0.25) is 4.79 Å². The van der Waals surface area contributed by atoms with Crippen molar-refractivity contribution in [1.29, 1.82) is 0 Å². The lowest BCUT2D eigenvalue weighted by atomic mass is 10.2. The fourth-order valence-corrected chi connectivity index (χ4v) is 1.27. The molecule has 0 aliphatic rings. The molecule has 0 bridgehead atoms. The number of hydrogen-bond donors (Lipinski definition) is 1. The summed E-state index contributed by atoms with van der Waals surface area (Å²) in [6.07, 6.45) is -1.65. The molecule has 0 spiro atoms. The van der Waals surface area contributed by atoms with Crippen LogP contribution in [0.15, 0.2) is 11.0 Å². The normalized spacial score (nSPS) is 10.8. The van der Waals surface area contributed by atoms with Gasteiger partial charge in [0.1, 0.15) is 10.7 Å². The summed E-state index contributed by atoms with van der Waals surface area (Å²) in [6, 6.07) is 0. The molecule has 1 aromatic rings. The highest BCUT2D eigenvalue weighted by Crippen LogP contribution is 2.22. The lowest BCUT2D eigenvalue weighted by Gasteiger charge is -2.03. The van der Waals surface area contributed by atoms with Crippen LogP contribution in [0.25, 0.3) is 0 Å². The molecule has 0 atom stereocenters. The fraction of sp³-hybridized carbons (Fsp3) is 0.286. The first-order chi connectivity index (χ1) is 6.07. The standard InChI is InChI=1S/C7H5Cl2F2NO/c8-1-3-2-12-5(7(10)11)4(9)6(3)13/h2,7H,1H2,(H,12,13). The van der Waals surface area contributed by atoms with Crippen molar-refractivity contribution in [2.24, 2.45) is 0 Å². The molecule has 0 amide bonds. The Bertz CT molecular complexity index is 364. The van der Waals surface area contributed by atoms with Crippen molar-refractivity contribution in [3.8, 4) is 0 Å². The zero-order valence-corrected chi connectivity index (χ0v) is 7.79. The van der Waals surface area contributed by atoms with Gasteiger partial charge in [0.25, 0.3) is 6.43 Å². The largest absolute Gasteiger partial charge is 0.359 e. The lowest BCUT2D eigenvalue weighted by Crippen LogP contribution is -2.12. The molecule has 6 heteroatoms. The van der Waals surface area contributed by atoms with Crippen molar-refractivity contribution in [3.05, 3.63) is 32.7 Å². The van der Waals surface area contributed by atoms with E-state index >= 15 is 0 Å². The van der Waals surface area contributed by atoms with Gasteiger partial charge in [0.2, 0.25) is 5.43 Å². The molecular formula is C7H5Cl2F2NO. The molecule has 0 unspecified atom stereocenters. The zero-order valence-electron chi connectivity index (χ0n) is 6.28. The van der Waals surface area contributed by atoms with Gasteiger partial charge in [-0.25, -0.2) is 8.78 Å². The molecule has 72 valence electrons. The number of rotatable bonds is 2. The molecule has 0 saturated carbocycles. The first kappa shape index (κ1) is 10.5. The first-order valence-corrected chi connectivity index (χ1v) is 4.23. The third kappa shape index (κ3) is 2.00. The van der Waals surface area contributed by atoms with Gasteiger partial charge >= 0.3 is 0 Å². The second-order valence-corrected chi connectivity index (χ2v) is 2.95. The third-order valence-electron chi connectivity index (χ3n) is 1.49. The molecule has 1 aromatic heterocycles. The van der Waals surface area contributed by atoms with E-state index in [0.717, 1.165) is 6.20 Å². The van der Waals surface area contributed by atoms with E-state index in [4.69, 9.17) is 23.2 Å². The molecule has 2 nitrogen and oxygen atoms in total. The summed E-state index contributed by atoms with van der Waals surface area (Å²) >= 11 is 10.8. The smallest absolute Gasteiger partial charge is 0.279 e. The van der Waals surface area contributed by atoms with Crippen LogP contribution in [0.4, 0.5) is 8.78 Å². The number of hydrogen-bond acceptors (Lipinski definition) is 1. The molecule has 0 aliphatic carbocycles. The van der Waals surface area contributed by atoms with Crippen LogP contribution in [-0.2, 0) is 5.88 Å². The van der Waals surface area contributed by atoms with E-state index in [0.29, 0.717) is 0 Å². The van der Waals surface area contributed by atoms with E-state index in [9.17, 15) is 13.6 Å². The molecule has 1 rings (SSSR count). The SMILES string of the molecule is O=c1c(CCl)c[nH]c(C(F)F)c1Cl. The average Bonchev–Trinajstić information content (AvgIpc) is 2.09. The van der Waals surface area contributed by atoms with Crippen LogP contribution in [0.5, 0.6) is 0 Å². The van der Waals surface area contributed by atoms with Gasteiger partial charge in [-0.2, -0.15) is 0 Å². The summed E-state index contributed by atoms with van der Waals surface area (Å²) in [7, 11) is 0. The Morgan fingerprint density at radius 1 is 1.54 bits per heavy atom. The number of nitrogens with one attached hydrogen (secondary N) is 1. The minimum Gasteiger partial charge on any atom is -0.359 e. The van der Waals surface area contributed by atoms with Crippen LogP contribution in [-0.4, -0.2) is 4.98 Å². The fourth-order valence-electron chi connectivity index (χ4n) is 0.815. The quantitative estimate of drug-likeness (QED) is 0.775. The maximum Gasteiger partial charge on any atom is 0.279 e. The van der Waals surface area contributed by atoms with Crippen LogP contribution >= 0.6 is 23.2 Å². The van der Waals surface area contributed by atoms with Gasteiger partial charge < -0.3 is 4.98 Å². The van der Waals surface area contributed by atoms with Crippen LogP contribution in [0.3, 0.4) is 0 Å². The van der Waals surface area contributed by atoms with E-state index in [1.54, 1.807) is 0 Å². The predicted molar refractivity (Wildman–Crippen MR) is 46.6 cm³/mol. The van der Waals surface area contributed by atoms with Crippen molar-refractivity contribution < 1.29 is 8.78 Å². The lowest BCUT2D eigenvalue weighted by molar-refractivity contribution is 0.146. The number of pyridine rings is 1. The number of aromatic amines is 1. The second kappa shape index (κ2) is 4.07. The Balaban J connectivity index is 3.32. The Morgan fingerprint density at radius 2 is 2.15 bits per heavy atom. The van der Waals surface area contributed by atoms with Crippen molar-refractivity contribution in [2.75, 3.05) is 0 Å². The highest BCUT2D eigenvalue weighted by Gasteiger charge is 2.16. The Morgan fingerprint density at radius 3 is 2.62 bits per heavy atom. The summed E-state index contributed by atoms with van der Waals surface area (Å²) in [5, 5.41) is -0.492. The predicted octanol–water partition coefficient (Wildman–Crippen LogP) is 2.70. The summed E-state index contributed by atoms with van der Waals surface area (Å²) in [5.41, 5.74) is -1.04. The number of alkyl halides is 3. The van der Waals surface area contributed by atoms with Gasteiger partial charge in [-0.1, -0.05) is 11.6 Å². The van der Waals surface area contributed by atoms with E-state index in [2.05, 4.69) is 4.98 Å². The van der Waals surface area contributed by atoms with E-state index in [-0.39, 0.29) is 11.4 Å². The van der Waals surface area contributed by atoms with Crippen molar-refractivity contribution in [3.63, 3.8) is 0 Å². The molecule has 0 aromatic carbocycles. The maximum atomic E-state index is 12.2. The summed E-state index contributed by atoms with van der Waals surface area (Å²) in [6.45, 7) is 0. The summed E-state index contributed by atoms with van der Waals surface area (Å²) < 4.78 is 24.3. The third-order valence-corrected chi connectivity index (χ3v) is 2.15. The number of H-pyrrole nitrogens is 1. The molecule has 13 heavy (non-hydrogen) atoms. The highest BCUT2D eigenvalue weighted by atomic mass is 35.5. The summed E-state index contributed by atoms with van der Waals surface area (Å²) in [5.74, 6) is -0.0570.